The van der Waals surface area contributed by atoms with Crippen molar-refractivity contribution >= 4 is 28.9 Å². The van der Waals surface area contributed by atoms with Crippen LogP contribution in [0, 0.1) is 6.92 Å². The average Bonchev–Trinajstić information content (AvgIpc) is 2.33. The van der Waals surface area contributed by atoms with Gasteiger partial charge in [0, 0.05) is 31.4 Å². The van der Waals surface area contributed by atoms with E-state index in [1.54, 1.807) is 0 Å². The summed E-state index contributed by atoms with van der Waals surface area (Å²) >= 11 is 12.4. The van der Waals surface area contributed by atoms with Crippen molar-refractivity contribution in [3.63, 3.8) is 0 Å². The summed E-state index contributed by atoms with van der Waals surface area (Å²) in [5.41, 5.74) is 3.57. The molecule has 0 radical (unpaired) electrons. The van der Waals surface area contributed by atoms with Crippen LogP contribution in [0.3, 0.4) is 0 Å². The van der Waals surface area contributed by atoms with Gasteiger partial charge in [0.25, 0.3) is 0 Å². The molecular formula is C15H14Cl2N2. The summed E-state index contributed by atoms with van der Waals surface area (Å²) in [5, 5.41) is 1.43. The number of nitrogens with zero attached hydrogens (tertiary/aromatic N) is 2. The van der Waals surface area contributed by atoms with Crippen molar-refractivity contribution in [1.29, 1.82) is 0 Å². The van der Waals surface area contributed by atoms with Gasteiger partial charge >= 0.3 is 0 Å². The van der Waals surface area contributed by atoms with E-state index in [9.17, 15) is 0 Å². The van der Waals surface area contributed by atoms with Crippen LogP contribution in [0.15, 0.2) is 36.7 Å². The van der Waals surface area contributed by atoms with Crippen LogP contribution in [-0.2, 0) is 0 Å². The van der Waals surface area contributed by atoms with Gasteiger partial charge in [0.2, 0.25) is 0 Å². The van der Waals surface area contributed by atoms with Crippen LogP contribution < -0.4 is 4.90 Å². The molecule has 2 aromatic rings. The first-order valence-corrected chi connectivity index (χ1v) is 7.02. The Balaban J connectivity index is 1.79. The molecule has 0 atom stereocenters. The fourth-order valence-electron chi connectivity index (χ4n) is 2.55. The number of aromatic nitrogens is 1. The highest BCUT2D eigenvalue weighted by Gasteiger charge is 2.31. The van der Waals surface area contributed by atoms with Crippen LogP contribution in [0.1, 0.15) is 17.0 Å². The normalized spacial score (nSPS) is 15.4. The number of anilines is 1. The summed E-state index contributed by atoms with van der Waals surface area (Å²) in [6.07, 6.45) is 3.80. The van der Waals surface area contributed by atoms with Gasteiger partial charge in [-0.3, -0.25) is 4.98 Å². The summed E-state index contributed by atoms with van der Waals surface area (Å²) in [6, 6.07) is 7.69. The summed E-state index contributed by atoms with van der Waals surface area (Å²) in [7, 11) is 0. The van der Waals surface area contributed by atoms with E-state index in [-0.39, 0.29) is 0 Å². The highest BCUT2D eigenvalue weighted by atomic mass is 35.5. The molecule has 98 valence electrons. The Hall–Kier alpha value is -1.25. The number of aryl methyl sites for hydroxylation is 1. The zero-order valence-electron chi connectivity index (χ0n) is 10.6. The molecule has 1 aliphatic heterocycles. The Morgan fingerprint density at radius 3 is 2.47 bits per heavy atom. The van der Waals surface area contributed by atoms with Crippen molar-refractivity contribution < 1.29 is 0 Å². The topological polar surface area (TPSA) is 16.1 Å². The summed E-state index contributed by atoms with van der Waals surface area (Å²) in [4.78, 5) is 6.43. The smallest absolute Gasteiger partial charge is 0.0745 e. The van der Waals surface area contributed by atoms with E-state index in [1.165, 1.54) is 11.1 Å². The molecule has 1 aromatic carbocycles. The number of pyridine rings is 1. The molecule has 4 heteroatoms. The van der Waals surface area contributed by atoms with Crippen molar-refractivity contribution in [3.8, 4) is 0 Å². The Bertz CT molecular complexity index is 587. The van der Waals surface area contributed by atoms with Crippen molar-refractivity contribution in [3.05, 3.63) is 57.8 Å². The maximum atomic E-state index is 6.22. The minimum absolute atomic E-state index is 0.515. The van der Waals surface area contributed by atoms with Gasteiger partial charge in [0.15, 0.2) is 0 Å². The van der Waals surface area contributed by atoms with Crippen LogP contribution in [0.4, 0.5) is 5.69 Å². The Labute approximate surface area is 123 Å². The zero-order chi connectivity index (χ0) is 13.4. The minimum atomic E-state index is 0.515. The maximum Gasteiger partial charge on any atom is 0.0745 e. The van der Waals surface area contributed by atoms with E-state index in [1.807, 2.05) is 30.6 Å². The van der Waals surface area contributed by atoms with E-state index in [0.717, 1.165) is 18.8 Å². The molecule has 0 aliphatic carbocycles. The Kier molecular flexibility index (Phi) is 3.38. The fraction of sp³-hybridized carbons (Fsp3) is 0.267. The predicted molar refractivity (Wildman–Crippen MR) is 80.4 cm³/mol. The van der Waals surface area contributed by atoms with Gasteiger partial charge in [-0.2, -0.15) is 0 Å². The number of para-hydroxylation sites is 1. The van der Waals surface area contributed by atoms with Gasteiger partial charge in [-0.1, -0.05) is 29.3 Å². The lowest BCUT2D eigenvalue weighted by molar-refractivity contribution is 0.522. The number of halogens is 2. The van der Waals surface area contributed by atoms with Crippen molar-refractivity contribution in [2.45, 2.75) is 12.8 Å². The second-order valence-electron chi connectivity index (χ2n) is 4.90. The molecule has 1 fully saturated rings. The van der Waals surface area contributed by atoms with E-state index in [2.05, 4.69) is 22.9 Å². The van der Waals surface area contributed by atoms with Crippen LogP contribution in [-0.4, -0.2) is 18.1 Å². The molecule has 0 spiro atoms. The number of rotatable bonds is 2. The molecular weight excluding hydrogens is 279 g/mol. The first-order chi connectivity index (χ1) is 9.16. The van der Waals surface area contributed by atoms with Gasteiger partial charge < -0.3 is 4.90 Å². The molecule has 0 amide bonds. The largest absolute Gasteiger partial charge is 0.368 e. The minimum Gasteiger partial charge on any atom is -0.368 e. The van der Waals surface area contributed by atoms with Gasteiger partial charge in [-0.05, 0) is 36.2 Å². The number of hydrogen-bond donors (Lipinski definition) is 0. The lowest BCUT2D eigenvalue weighted by Crippen LogP contribution is -2.45. The second kappa shape index (κ2) is 5.03. The van der Waals surface area contributed by atoms with Gasteiger partial charge in [-0.25, -0.2) is 0 Å². The van der Waals surface area contributed by atoms with Crippen LogP contribution in [0.25, 0.3) is 0 Å². The average molecular weight is 293 g/mol. The van der Waals surface area contributed by atoms with Gasteiger partial charge in [0.1, 0.15) is 0 Å². The van der Waals surface area contributed by atoms with Crippen LogP contribution in [0.2, 0.25) is 10.0 Å². The van der Waals surface area contributed by atoms with E-state index < -0.39 is 0 Å². The Morgan fingerprint density at radius 2 is 1.84 bits per heavy atom. The summed E-state index contributed by atoms with van der Waals surface area (Å²) < 4.78 is 0. The molecule has 1 aromatic heterocycles. The molecule has 2 heterocycles. The molecule has 1 aliphatic rings. The standard InChI is InChI=1S/C15H14Cl2N2/c1-10-5-6-18-7-12(10)11-8-19(9-11)15-13(16)3-2-4-14(15)17/h2-7,11H,8-9H2,1H3. The molecule has 0 N–H and O–H groups in total. The molecule has 0 saturated carbocycles. The van der Waals surface area contributed by atoms with Crippen molar-refractivity contribution in [1.82, 2.24) is 4.98 Å². The molecule has 1 saturated heterocycles. The molecule has 19 heavy (non-hydrogen) atoms. The van der Waals surface area contributed by atoms with Gasteiger partial charge in [0.05, 0.1) is 15.7 Å². The SMILES string of the molecule is Cc1ccncc1C1CN(c2c(Cl)cccc2Cl)C1. The molecule has 2 nitrogen and oxygen atoms in total. The highest BCUT2D eigenvalue weighted by Crippen LogP contribution is 2.40. The second-order valence-corrected chi connectivity index (χ2v) is 5.72. The summed E-state index contributed by atoms with van der Waals surface area (Å²) in [5.74, 6) is 0.515. The van der Waals surface area contributed by atoms with E-state index in [0.29, 0.717) is 16.0 Å². The number of benzene rings is 1. The third-order valence-corrected chi connectivity index (χ3v) is 4.26. The quantitative estimate of drug-likeness (QED) is 0.820. The monoisotopic (exact) mass is 292 g/mol. The van der Waals surface area contributed by atoms with Crippen LogP contribution in [0.5, 0.6) is 0 Å². The van der Waals surface area contributed by atoms with Crippen LogP contribution >= 0.6 is 23.2 Å². The molecule has 3 rings (SSSR count). The zero-order valence-corrected chi connectivity index (χ0v) is 12.1. The third-order valence-electron chi connectivity index (χ3n) is 3.65. The highest BCUT2D eigenvalue weighted by molar-refractivity contribution is 6.39. The summed E-state index contributed by atoms with van der Waals surface area (Å²) in [6.45, 7) is 4.01. The molecule has 0 bridgehead atoms. The first kappa shape index (κ1) is 12.8. The van der Waals surface area contributed by atoms with Crippen molar-refractivity contribution in [2.75, 3.05) is 18.0 Å². The first-order valence-electron chi connectivity index (χ1n) is 6.26. The predicted octanol–water partition coefficient (Wildman–Crippen LogP) is 4.30. The lowest BCUT2D eigenvalue weighted by atomic mass is 9.89. The molecule has 0 unspecified atom stereocenters. The van der Waals surface area contributed by atoms with E-state index in [4.69, 9.17) is 23.2 Å². The van der Waals surface area contributed by atoms with Gasteiger partial charge in [-0.15, -0.1) is 0 Å². The number of hydrogen-bond acceptors (Lipinski definition) is 2. The fourth-order valence-corrected chi connectivity index (χ4v) is 3.19. The Morgan fingerprint density at radius 1 is 1.16 bits per heavy atom. The third kappa shape index (κ3) is 2.31. The lowest BCUT2D eigenvalue weighted by Gasteiger charge is -2.42. The maximum absolute atomic E-state index is 6.22. The van der Waals surface area contributed by atoms with Crippen molar-refractivity contribution in [2.24, 2.45) is 0 Å². The van der Waals surface area contributed by atoms with E-state index >= 15 is 0 Å².